The number of aromatic nitrogens is 1. The molecule has 98 valence electrons. The second-order valence-corrected chi connectivity index (χ2v) is 3.68. The first kappa shape index (κ1) is 13.9. The molecule has 0 aromatic carbocycles. The Labute approximate surface area is 105 Å². The molecule has 1 amide bonds. The number of rotatable bonds is 7. The fourth-order valence-corrected chi connectivity index (χ4v) is 1.29. The number of nitrogens with one attached hydrogen (secondary N) is 2. The molecule has 0 unspecified atom stereocenters. The van der Waals surface area contributed by atoms with Crippen LogP contribution in [-0.4, -0.2) is 28.9 Å². The number of nitro groups is 1. The molecule has 1 aromatic heterocycles. The van der Waals surface area contributed by atoms with Crippen molar-refractivity contribution in [3.05, 3.63) is 28.4 Å². The predicted octanol–water partition coefficient (Wildman–Crippen LogP) is 1.32. The van der Waals surface area contributed by atoms with E-state index in [1.54, 1.807) is 0 Å². The molecular weight excluding hydrogens is 236 g/mol. The molecule has 7 heteroatoms. The lowest BCUT2D eigenvalue weighted by Gasteiger charge is -2.05. The average Bonchev–Trinajstić information content (AvgIpc) is 2.36. The minimum atomic E-state index is -0.485. The molecule has 2 N–H and O–H groups in total. The number of carbonyl (C=O) groups excluding carboxylic acids is 1. The van der Waals surface area contributed by atoms with Crippen molar-refractivity contribution >= 4 is 17.4 Å². The van der Waals surface area contributed by atoms with Gasteiger partial charge in [-0.15, -0.1) is 0 Å². The topological polar surface area (TPSA) is 97.2 Å². The highest BCUT2D eigenvalue weighted by Gasteiger charge is 2.06. The molecule has 0 aliphatic carbocycles. The monoisotopic (exact) mass is 252 g/mol. The molecule has 0 spiro atoms. The first-order valence-corrected chi connectivity index (χ1v) is 5.74. The average molecular weight is 252 g/mol. The van der Waals surface area contributed by atoms with Crippen molar-refractivity contribution < 1.29 is 9.72 Å². The van der Waals surface area contributed by atoms with Gasteiger partial charge in [-0.25, -0.2) is 4.98 Å². The minimum absolute atomic E-state index is 0.0251. The van der Waals surface area contributed by atoms with Gasteiger partial charge in [0, 0.05) is 31.8 Å². The summed E-state index contributed by atoms with van der Waals surface area (Å²) in [6, 6.07) is 2.66. The largest absolute Gasteiger partial charge is 0.369 e. The molecule has 18 heavy (non-hydrogen) atoms. The lowest BCUT2D eigenvalue weighted by Crippen LogP contribution is -2.25. The molecule has 0 radical (unpaired) electrons. The van der Waals surface area contributed by atoms with Crippen LogP contribution in [0.3, 0.4) is 0 Å². The molecule has 1 aromatic rings. The van der Waals surface area contributed by atoms with Gasteiger partial charge in [0.05, 0.1) is 11.0 Å². The molecule has 7 nitrogen and oxygen atoms in total. The Morgan fingerprint density at radius 3 is 2.94 bits per heavy atom. The van der Waals surface area contributed by atoms with E-state index in [1.807, 2.05) is 6.92 Å². The minimum Gasteiger partial charge on any atom is -0.369 e. The zero-order valence-electron chi connectivity index (χ0n) is 10.2. The van der Waals surface area contributed by atoms with Gasteiger partial charge in [-0.3, -0.25) is 14.9 Å². The van der Waals surface area contributed by atoms with E-state index >= 15 is 0 Å². The summed E-state index contributed by atoms with van der Waals surface area (Å²) in [6.07, 6.45) is 2.56. The van der Waals surface area contributed by atoms with Gasteiger partial charge in [-0.1, -0.05) is 6.92 Å². The van der Waals surface area contributed by atoms with Gasteiger partial charge in [0.25, 0.3) is 5.69 Å². The number of amides is 1. The maximum absolute atomic E-state index is 11.3. The molecule has 1 heterocycles. The van der Waals surface area contributed by atoms with Crippen molar-refractivity contribution in [2.45, 2.75) is 19.8 Å². The summed E-state index contributed by atoms with van der Waals surface area (Å²) in [4.78, 5) is 25.3. The van der Waals surface area contributed by atoms with Gasteiger partial charge < -0.3 is 10.6 Å². The van der Waals surface area contributed by atoms with Crippen LogP contribution in [0, 0.1) is 10.1 Å². The van der Waals surface area contributed by atoms with Gasteiger partial charge in [-0.2, -0.15) is 0 Å². The number of anilines is 1. The Morgan fingerprint density at radius 2 is 2.28 bits per heavy atom. The van der Waals surface area contributed by atoms with Crippen LogP contribution >= 0.6 is 0 Å². The van der Waals surface area contributed by atoms with Gasteiger partial charge in [0.1, 0.15) is 5.82 Å². The molecule has 0 atom stereocenters. The SMILES string of the molecule is CCCNC(=O)CCNc1cc([N+](=O)[O-])ccn1. The third-order valence-corrected chi connectivity index (χ3v) is 2.18. The van der Waals surface area contributed by atoms with E-state index in [9.17, 15) is 14.9 Å². The highest BCUT2D eigenvalue weighted by Crippen LogP contribution is 2.13. The highest BCUT2D eigenvalue weighted by molar-refractivity contribution is 5.76. The van der Waals surface area contributed by atoms with Crippen LogP contribution < -0.4 is 10.6 Å². The van der Waals surface area contributed by atoms with Crippen LogP contribution in [0.1, 0.15) is 19.8 Å². The molecule has 0 bridgehead atoms. The number of nitrogens with zero attached hydrogens (tertiary/aromatic N) is 2. The third kappa shape index (κ3) is 4.77. The molecule has 0 saturated heterocycles. The molecule has 0 fully saturated rings. The number of pyridine rings is 1. The number of hydrogen-bond donors (Lipinski definition) is 2. The second-order valence-electron chi connectivity index (χ2n) is 3.68. The van der Waals surface area contributed by atoms with Gasteiger partial charge in [0.2, 0.25) is 5.91 Å². The Hall–Kier alpha value is -2.18. The molecule has 0 aliphatic heterocycles. The first-order valence-electron chi connectivity index (χ1n) is 5.74. The van der Waals surface area contributed by atoms with E-state index in [4.69, 9.17) is 0 Å². The highest BCUT2D eigenvalue weighted by atomic mass is 16.6. The van der Waals surface area contributed by atoms with Crippen LogP contribution in [0.5, 0.6) is 0 Å². The van der Waals surface area contributed by atoms with Gasteiger partial charge >= 0.3 is 0 Å². The van der Waals surface area contributed by atoms with Crippen molar-refractivity contribution in [2.75, 3.05) is 18.4 Å². The Bertz CT molecular complexity index is 423. The van der Waals surface area contributed by atoms with Crippen LogP contribution in [0.15, 0.2) is 18.3 Å². The summed E-state index contributed by atoms with van der Waals surface area (Å²) >= 11 is 0. The Morgan fingerprint density at radius 1 is 1.50 bits per heavy atom. The predicted molar refractivity (Wildman–Crippen MR) is 67.3 cm³/mol. The van der Waals surface area contributed by atoms with E-state index in [1.165, 1.54) is 18.3 Å². The summed E-state index contributed by atoms with van der Waals surface area (Å²) in [5.41, 5.74) is -0.0251. The zero-order valence-corrected chi connectivity index (χ0v) is 10.2. The number of hydrogen-bond acceptors (Lipinski definition) is 5. The maximum Gasteiger partial charge on any atom is 0.274 e. The van der Waals surface area contributed by atoms with Crippen LogP contribution in [0.4, 0.5) is 11.5 Å². The molecule has 1 rings (SSSR count). The summed E-state index contributed by atoms with van der Waals surface area (Å²) in [5.74, 6) is 0.349. The smallest absolute Gasteiger partial charge is 0.274 e. The van der Waals surface area contributed by atoms with Crippen LogP contribution in [0.25, 0.3) is 0 Å². The van der Waals surface area contributed by atoms with Crippen molar-refractivity contribution in [3.63, 3.8) is 0 Å². The third-order valence-electron chi connectivity index (χ3n) is 2.18. The fourth-order valence-electron chi connectivity index (χ4n) is 1.29. The first-order chi connectivity index (χ1) is 8.63. The van der Waals surface area contributed by atoms with Crippen molar-refractivity contribution in [3.8, 4) is 0 Å². The molecule has 0 saturated carbocycles. The summed E-state index contributed by atoms with van der Waals surface area (Å²) in [6.45, 7) is 3.03. The van der Waals surface area contributed by atoms with Crippen LogP contribution in [-0.2, 0) is 4.79 Å². The normalized spacial score (nSPS) is 9.83. The van der Waals surface area contributed by atoms with Gasteiger partial charge in [-0.05, 0) is 6.42 Å². The van der Waals surface area contributed by atoms with E-state index in [2.05, 4.69) is 15.6 Å². The molecule has 0 aliphatic rings. The van der Waals surface area contributed by atoms with Gasteiger partial charge in [0.15, 0.2) is 0 Å². The van der Waals surface area contributed by atoms with Crippen LogP contribution in [0.2, 0.25) is 0 Å². The zero-order chi connectivity index (χ0) is 13.4. The summed E-state index contributed by atoms with van der Waals surface area (Å²) in [7, 11) is 0. The van der Waals surface area contributed by atoms with E-state index < -0.39 is 4.92 Å². The van der Waals surface area contributed by atoms with E-state index in [0.29, 0.717) is 25.3 Å². The lowest BCUT2D eigenvalue weighted by atomic mass is 10.3. The fraction of sp³-hybridized carbons (Fsp3) is 0.455. The van der Waals surface area contributed by atoms with E-state index in [-0.39, 0.29) is 11.6 Å². The van der Waals surface area contributed by atoms with Crippen molar-refractivity contribution in [1.82, 2.24) is 10.3 Å². The summed E-state index contributed by atoms with van der Waals surface area (Å²) in [5, 5.41) is 16.2. The Balaban J connectivity index is 2.37. The summed E-state index contributed by atoms with van der Waals surface area (Å²) < 4.78 is 0. The number of carbonyl (C=O) groups is 1. The quantitative estimate of drug-likeness (QED) is 0.563. The standard InChI is InChI=1S/C11H16N4O3/c1-2-5-14-11(16)4-7-13-10-8-9(15(17)18)3-6-12-10/h3,6,8H,2,4-5,7H2,1H3,(H,12,13)(H,14,16). The maximum atomic E-state index is 11.3. The second kappa shape index (κ2) is 7.21. The van der Waals surface area contributed by atoms with E-state index in [0.717, 1.165) is 6.42 Å². The Kier molecular flexibility index (Phi) is 5.56. The lowest BCUT2D eigenvalue weighted by molar-refractivity contribution is -0.384. The van der Waals surface area contributed by atoms with Crippen molar-refractivity contribution in [2.24, 2.45) is 0 Å². The molecular formula is C11H16N4O3. The van der Waals surface area contributed by atoms with Crippen molar-refractivity contribution in [1.29, 1.82) is 0 Å².